The molecule has 0 saturated heterocycles. The molecule has 3 N–H and O–H groups in total. The maximum absolute atomic E-state index is 12.8. The van der Waals surface area contributed by atoms with Crippen LogP contribution in [-0.2, 0) is 17.6 Å². The molecule has 3 rings (SSSR count). The molecule has 1 atom stereocenters. The summed E-state index contributed by atoms with van der Waals surface area (Å²) >= 11 is 0. The SMILES string of the molecule is Cc1cccc(NC(=O)NC(Cc2ccccc2)C(=O)NCCc2ccccc2)c1. The first kappa shape index (κ1) is 21.1. The van der Waals surface area contributed by atoms with Gasteiger partial charge in [0, 0.05) is 18.7 Å². The smallest absolute Gasteiger partial charge is 0.319 e. The van der Waals surface area contributed by atoms with Gasteiger partial charge in [0.2, 0.25) is 5.91 Å². The quantitative estimate of drug-likeness (QED) is 0.532. The van der Waals surface area contributed by atoms with E-state index in [1.165, 1.54) is 0 Å². The van der Waals surface area contributed by atoms with Crippen molar-refractivity contribution in [2.75, 3.05) is 11.9 Å². The summed E-state index contributed by atoms with van der Waals surface area (Å²) in [7, 11) is 0. The maximum atomic E-state index is 12.8. The standard InChI is InChI=1S/C25H27N3O2/c1-19-9-8-14-22(17-19)27-25(30)28-23(18-21-12-6-3-7-13-21)24(29)26-16-15-20-10-4-2-5-11-20/h2-14,17,23H,15-16,18H2,1H3,(H,26,29)(H2,27,28,30). The Morgan fingerprint density at radius 2 is 1.50 bits per heavy atom. The highest BCUT2D eigenvalue weighted by molar-refractivity contribution is 5.93. The zero-order chi connectivity index (χ0) is 21.2. The zero-order valence-corrected chi connectivity index (χ0v) is 17.1. The van der Waals surface area contributed by atoms with Crippen molar-refractivity contribution in [2.45, 2.75) is 25.8 Å². The summed E-state index contributed by atoms with van der Waals surface area (Å²) in [5.41, 5.74) is 3.88. The van der Waals surface area contributed by atoms with Gasteiger partial charge in [-0.15, -0.1) is 0 Å². The van der Waals surface area contributed by atoms with Gasteiger partial charge in [0.1, 0.15) is 6.04 Å². The molecule has 5 nitrogen and oxygen atoms in total. The number of nitrogens with one attached hydrogen (secondary N) is 3. The number of benzene rings is 3. The Bertz CT molecular complexity index is 958. The van der Waals surface area contributed by atoms with E-state index in [9.17, 15) is 9.59 Å². The van der Waals surface area contributed by atoms with Gasteiger partial charge >= 0.3 is 6.03 Å². The van der Waals surface area contributed by atoms with Crippen molar-refractivity contribution in [3.05, 3.63) is 102 Å². The third-order valence-corrected chi connectivity index (χ3v) is 4.74. The van der Waals surface area contributed by atoms with Gasteiger partial charge in [-0.2, -0.15) is 0 Å². The van der Waals surface area contributed by atoms with Gasteiger partial charge in [-0.05, 0) is 42.2 Å². The molecule has 30 heavy (non-hydrogen) atoms. The van der Waals surface area contributed by atoms with Crippen LogP contribution < -0.4 is 16.0 Å². The van der Waals surface area contributed by atoms with Crippen molar-refractivity contribution in [1.82, 2.24) is 10.6 Å². The van der Waals surface area contributed by atoms with Crippen molar-refractivity contribution in [1.29, 1.82) is 0 Å². The van der Waals surface area contributed by atoms with E-state index in [4.69, 9.17) is 0 Å². The van der Waals surface area contributed by atoms with Gasteiger partial charge < -0.3 is 16.0 Å². The Morgan fingerprint density at radius 1 is 0.833 bits per heavy atom. The summed E-state index contributed by atoms with van der Waals surface area (Å²) < 4.78 is 0. The molecule has 0 spiro atoms. The zero-order valence-electron chi connectivity index (χ0n) is 17.1. The molecule has 0 aliphatic carbocycles. The monoisotopic (exact) mass is 401 g/mol. The second-order valence-corrected chi connectivity index (χ2v) is 7.24. The predicted molar refractivity (Wildman–Crippen MR) is 120 cm³/mol. The number of hydrogen-bond donors (Lipinski definition) is 3. The molecule has 0 bridgehead atoms. The van der Waals surface area contributed by atoms with Crippen LogP contribution in [0.1, 0.15) is 16.7 Å². The minimum absolute atomic E-state index is 0.200. The van der Waals surface area contributed by atoms with E-state index in [2.05, 4.69) is 16.0 Å². The molecular formula is C25H27N3O2. The number of anilines is 1. The lowest BCUT2D eigenvalue weighted by atomic mass is 10.1. The first-order valence-electron chi connectivity index (χ1n) is 10.1. The maximum Gasteiger partial charge on any atom is 0.319 e. The Labute approximate surface area is 177 Å². The molecule has 3 amide bonds. The van der Waals surface area contributed by atoms with Gasteiger partial charge in [0.25, 0.3) is 0 Å². The van der Waals surface area contributed by atoms with E-state index < -0.39 is 12.1 Å². The van der Waals surface area contributed by atoms with E-state index >= 15 is 0 Å². The minimum Gasteiger partial charge on any atom is -0.354 e. The van der Waals surface area contributed by atoms with Gasteiger partial charge in [-0.3, -0.25) is 4.79 Å². The highest BCUT2D eigenvalue weighted by Crippen LogP contribution is 2.10. The lowest BCUT2D eigenvalue weighted by molar-refractivity contribution is -0.122. The Hall–Kier alpha value is -3.60. The topological polar surface area (TPSA) is 70.2 Å². The third kappa shape index (κ3) is 6.78. The molecule has 0 heterocycles. The molecule has 0 saturated carbocycles. The first-order valence-corrected chi connectivity index (χ1v) is 10.1. The van der Waals surface area contributed by atoms with E-state index in [-0.39, 0.29) is 5.91 Å². The Kier molecular flexibility index (Phi) is 7.61. The number of rotatable bonds is 8. The van der Waals surface area contributed by atoms with Gasteiger partial charge in [0.15, 0.2) is 0 Å². The second-order valence-electron chi connectivity index (χ2n) is 7.24. The number of aryl methyl sites for hydroxylation is 1. The average Bonchev–Trinajstić information content (AvgIpc) is 2.74. The molecule has 0 aliphatic heterocycles. The van der Waals surface area contributed by atoms with Crippen molar-refractivity contribution in [2.24, 2.45) is 0 Å². The van der Waals surface area contributed by atoms with E-state index in [1.54, 1.807) is 0 Å². The van der Waals surface area contributed by atoms with Crippen LogP contribution in [0.3, 0.4) is 0 Å². The predicted octanol–water partition coefficient (Wildman–Crippen LogP) is 4.09. The lowest BCUT2D eigenvalue weighted by Gasteiger charge is -2.19. The number of carbonyl (C=O) groups is 2. The van der Waals surface area contributed by atoms with Crippen LogP contribution in [0.15, 0.2) is 84.9 Å². The van der Waals surface area contributed by atoms with Crippen LogP contribution in [0, 0.1) is 6.92 Å². The van der Waals surface area contributed by atoms with Crippen LogP contribution in [0.5, 0.6) is 0 Å². The Balaban J connectivity index is 1.61. The largest absolute Gasteiger partial charge is 0.354 e. The normalized spacial score (nSPS) is 11.4. The number of urea groups is 1. The lowest BCUT2D eigenvalue weighted by Crippen LogP contribution is -2.49. The summed E-state index contributed by atoms with van der Waals surface area (Å²) in [6, 6.07) is 26.1. The Morgan fingerprint density at radius 3 is 2.17 bits per heavy atom. The number of amides is 3. The number of carbonyl (C=O) groups excluding carboxylic acids is 2. The van der Waals surface area contributed by atoms with Gasteiger partial charge in [-0.25, -0.2) is 4.79 Å². The molecular weight excluding hydrogens is 374 g/mol. The van der Waals surface area contributed by atoms with Crippen LogP contribution in [0.4, 0.5) is 10.5 Å². The summed E-state index contributed by atoms with van der Waals surface area (Å²) in [4.78, 5) is 25.3. The van der Waals surface area contributed by atoms with Crippen molar-refractivity contribution >= 4 is 17.6 Å². The first-order chi connectivity index (χ1) is 14.6. The van der Waals surface area contributed by atoms with Crippen molar-refractivity contribution in [3.8, 4) is 0 Å². The van der Waals surface area contributed by atoms with Gasteiger partial charge in [-0.1, -0.05) is 72.8 Å². The van der Waals surface area contributed by atoms with Crippen molar-refractivity contribution in [3.63, 3.8) is 0 Å². The highest BCUT2D eigenvalue weighted by atomic mass is 16.2. The van der Waals surface area contributed by atoms with E-state index in [0.29, 0.717) is 18.7 Å². The molecule has 3 aromatic rings. The minimum atomic E-state index is -0.673. The second kappa shape index (κ2) is 10.8. The average molecular weight is 402 g/mol. The fraction of sp³-hybridized carbons (Fsp3) is 0.200. The van der Waals surface area contributed by atoms with E-state index in [1.807, 2.05) is 91.9 Å². The molecule has 5 heteroatoms. The van der Waals surface area contributed by atoms with Crippen LogP contribution in [-0.4, -0.2) is 24.5 Å². The van der Waals surface area contributed by atoms with Crippen molar-refractivity contribution < 1.29 is 9.59 Å². The summed E-state index contributed by atoms with van der Waals surface area (Å²) in [5.74, 6) is -0.200. The number of hydrogen-bond acceptors (Lipinski definition) is 2. The fourth-order valence-corrected chi connectivity index (χ4v) is 3.21. The molecule has 0 fully saturated rings. The summed E-state index contributed by atoms with van der Waals surface area (Å²) in [6.45, 7) is 2.47. The molecule has 154 valence electrons. The molecule has 3 aromatic carbocycles. The molecule has 0 radical (unpaired) electrons. The van der Waals surface area contributed by atoms with Gasteiger partial charge in [0.05, 0.1) is 0 Å². The molecule has 1 unspecified atom stereocenters. The highest BCUT2D eigenvalue weighted by Gasteiger charge is 2.21. The van der Waals surface area contributed by atoms with Crippen LogP contribution >= 0.6 is 0 Å². The fourth-order valence-electron chi connectivity index (χ4n) is 3.21. The van der Waals surface area contributed by atoms with Crippen LogP contribution in [0.2, 0.25) is 0 Å². The summed E-state index contributed by atoms with van der Waals surface area (Å²) in [5, 5.41) is 8.57. The molecule has 0 aromatic heterocycles. The molecule has 0 aliphatic rings. The van der Waals surface area contributed by atoms with Crippen LogP contribution in [0.25, 0.3) is 0 Å². The van der Waals surface area contributed by atoms with E-state index in [0.717, 1.165) is 23.1 Å². The third-order valence-electron chi connectivity index (χ3n) is 4.74. The summed E-state index contributed by atoms with van der Waals surface area (Å²) in [6.07, 6.45) is 1.15.